The molecule has 0 unspecified atom stereocenters. The van der Waals surface area contributed by atoms with Gasteiger partial charge in [0.15, 0.2) is 5.65 Å². The topological polar surface area (TPSA) is 39.9 Å². The number of halogens is 1. The minimum absolute atomic E-state index is 0.745. The Morgan fingerprint density at radius 3 is 2.74 bits per heavy atom. The number of ether oxygens (including phenoxy) is 1. The molecule has 4 nitrogen and oxygen atoms in total. The molecule has 0 amide bonds. The highest BCUT2D eigenvalue weighted by Gasteiger charge is 2.05. The van der Waals surface area contributed by atoms with Crippen LogP contribution in [0.5, 0.6) is 5.75 Å². The van der Waals surface area contributed by atoms with Gasteiger partial charge in [-0.3, -0.25) is 0 Å². The molecule has 0 spiro atoms. The average molecular weight is 318 g/mol. The normalized spacial score (nSPS) is 10.8. The Labute approximate surface area is 119 Å². The fraction of sp³-hybridized carbons (Fsp3) is 0.143. The average Bonchev–Trinajstić information content (AvgIpc) is 2.82. The van der Waals surface area contributed by atoms with Crippen molar-refractivity contribution < 1.29 is 4.74 Å². The fourth-order valence-corrected chi connectivity index (χ4v) is 2.29. The van der Waals surface area contributed by atoms with Crippen LogP contribution >= 0.6 is 15.9 Å². The molecule has 1 aromatic carbocycles. The predicted molar refractivity (Wildman–Crippen MR) is 77.3 cm³/mol. The maximum absolute atomic E-state index is 5.15. The number of hydrogen-bond acceptors (Lipinski definition) is 3. The molecule has 0 atom stereocenters. The lowest BCUT2D eigenvalue weighted by molar-refractivity contribution is 0.414. The SMILES string of the molecule is COc1ccc(Cn2cnc3cc(Br)cnc32)cc1. The molecule has 0 saturated carbocycles. The van der Waals surface area contributed by atoms with Gasteiger partial charge in [-0.05, 0) is 39.7 Å². The lowest BCUT2D eigenvalue weighted by Crippen LogP contribution is -1.99. The smallest absolute Gasteiger partial charge is 0.160 e. The van der Waals surface area contributed by atoms with E-state index in [0.717, 1.165) is 27.9 Å². The number of fused-ring (bicyclic) bond motifs is 1. The summed E-state index contributed by atoms with van der Waals surface area (Å²) in [5, 5.41) is 0. The van der Waals surface area contributed by atoms with Crippen LogP contribution in [0.2, 0.25) is 0 Å². The highest BCUT2D eigenvalue weighted by Crippen LogP contribution is 2.18. The van der Waals surface area contributed by atoms with Crippen LogP contribution in [-0.4, -0.2) is 21.6 Å². The van der Waals surface area contributed by atoms with E-state index in [1.807, 2.05) is 41.2 Å². The van der Waals surface area contributed by atoms with Crippen LogP contribution in [0.4, 0.5) is 0 Å². The summed E-state index contributed by atoms with van der Waals surface area (Å²) in [4.78, 5) is 8.75. The van der Waals surface area contributed by atoms with E-state index in [9.17, 15) is 0 Å². The molecule has 0 radical (unpaired) electrons. The van der Waals surface area contributed by atoms with Crippen molar-refractivity contribution in [1.82, 2.24) is 14.5 Å². The van der Waals surface area contributed by atoms with Crippen molar-refractivity contribution in [3.8, 4) is 5.75 Å². The number of nitrogens with zero attached hydrogens (tertiary/aromatic N) is 3. The summed E-state index contributed by atoms with van der Waals surface area (Å²) in [6, 6.07) is 9.97. The van der Waals surface area contributed by atoms with Crippen LogP contribution in [-0.2, 0) is 6.54 Å². The summed E-state index contributed by atoms with van der Waals surface area (Å²) < 4.78 is 8.12. The molecular weight excluding hydrogens is 306 g/mol. The molecule has 96 valence electrons. The van der Waals surface area contributed by atoms with Gasteiger partial charge in [-0.25, -0.2) is 9.97 Å². The summed E-state index contributed by atoms with van der Waals surface area (Å²) in [5.74, 6) is 0.862. The number of pyridine rings is 1. The molecule has 19 heavy (non-hydrogen) atoms. The predicted octanol–water partition coefficient (Wildman–Crippen LogP) is 3.25. The van der Waals surface area contributed by atoms with Gasteiger partial charge in [0.25, 0.3) is 0 Å². The Kier molecular flexibility index (Phi) is 3.21. The first kappa shape index (κ1) is 12.2. The summed E-state index contributed by atoms with van der Waals surface area (Å²) in [6.45, 7) is 0.745. The van der Waals surface area contributed by atoms with Crippen molar-refractivity contribution in [1.29, 1.82) is 0 Å². The monoisotopic (exact) mass is 317 g/mol. The van der Waals surface area contributed by atoms with Crippen molar-refractivity contribution >= 4 is 27.1 Å². The minimum atomic E-state index is 0.745. The number of rotatable bonds is 3. The van der Waals surface area contributed by atoms with Crippen LogP contribution < -0.4 is 4.74 Å². The molecule has 0 fully saturated rings. The minimum Gasteiger partial charge on any atom is -0.497 e. The Morgan fingerprint density at radius 2 is 2.00 bits per heavy atom. The molecule has 5 heteroatoms. The summed E-state index contributed by atoms with van der Waals surface area (Å²) in [7, 11) is 1.67. The van der Waals surface area contributed by atoms with E-state index in [4.69, 9.17) is 4.74 Å². The quantitative estimate of drug-likeness (QED) is 0.744. The maximum atomic E-state index is 5.15. The van der Waals surface area contributed by atoms with Gasteiger partial charge in [-0.2, -0.15) is 0 Å². The zero-order chi connectivity index (χ0) is 13.2. The Hall–Kier alpha value is -1.88. The van der Waals surface area contributed by atoms with Gasteiger partial charge in [0.2, 0.25) is 0 Å². The largest absolute Gasteiger partial charge is 0.497 e. The van der Waals surface area contributed by atoms with Gasteiger partial charge in [-0.15, -0.1) is 0 Å². The summed E-state index contributed by atoms with van der Waals surface area (Å²) in [5.41, 5.74) is 2.96. The van der Waals surface area contributed by atoms with Gasteiger partial charge < -0.3 is 9.30 Å². The van der Waals surface area contributed by atoms with Gasteiger partial charge >= 0.3 is 0 Å². The van der Waals surface area contributed by atoms with Crippen molar-refractivity contribution in [2.24, 2.45) is 0 Å². The molecule has 0 aliphatic rings. The summed E-state index contributed by atoms with van der Waals surface area (Å²) >= 11 is 3.40. The van der Waals surface area contributed by atoms with E-state index < -0.39 is 0 Å². The molecule has 0 bridgehead atoms. The summed E-state index contributed by atoms with van der Waals surface area (Å²) in [6.07, 6.45) is 3.60. The third-order valence-corrected chi connectivity index (χ3v) is 3.37. The number of imidazole rings is 1. The molecule has 2 aromatic heterocycles. The number of methoxy groups -OCH3 is 1. The van der Waals surface area contributed by atoms with Crippen LogP contribution in [0.25, 0.3) is 11.2 Å². The van der Waals surface area contributed by atoms with E-state index in [0.29, 0.717) is 0 Å². The van der Waals surface area contributed by atoms with E-state index in [1.54, 1.807) is 13.3 Å². The van der Waals surface area contributed by atoms with Crippen LogP contribution in [0.1, 0.15) is 5.56 Å². The van der Waals surface area contributed by atoms with Crippen LogP contribution in [0.3, 0.4) is 0 Å². The number of benzene rings is 1. The molecular formula is C14H12BrN3O. The van der Waals surface area contributed by atoms with E-state index >= 15 is 0 Å². The highest BCUT2D eigenvalue weighted by molar-refractivity contribution is 9.10. The zero-order valence-electron chi connectivity index (χ0n) is 10.4. The third kappa shape index (κ3) is 2.46. The van der Waals surface area contributed by atoms with Crippen molar-refractivity contribution in [3.63, 3.8) is 0 Å². The second kappa shape index (κ2) is 5.01. The van der Waals surface area contributed by atoms with Crippen LogP contribution in [0, 0.1) is 0 Å². The number of hydrogen-bond donors (Lipinski definition) is 0. The molecule has 2 heterocycles. The van der Waals surface area contributed by atoms with Crippen molar-refractivity contribution in [3.05, 3.63) is 52.9 Å². The van der Waals surface area contributed by atoms with Crippen molar-refractivity contribution in [2.45, 2.75) is 6.54 Å². The van der Waals surface area contributed by atoms with Gasteiger partial charge in [0, 0.05) is 10.7 Å². The van der Waals surface area contributed by atoms with Gasteiger partial charge in [0.05, 0.1) is 20.0 Å². The molecule has 3 aromatic rings. The Morgan fingerprint density at radius 1 is 1.21 bits per heavy atom. The Balaban J connectivity index is 1.92. The standard InChI is InChI=1S/C14H12BrN3O/c1-19-12-4-2-10(3-5-12)8-18-9-17-13-6-11(15)7-16-14(13)18/h2-7,9H,8H2,1H3. The lowest BCUT2D eigenvalue weighted by atomic mass is 10.2. The third-order valence-electron chi connectivity index (χ3n) is 2.93. The Bertz CT molecular complexity index is 706. The van der Waals surface area contributed by atoms with Gasteiger partial charge in [-0.1, -0.05) is 12.1 Å². The van der Waals surface area contributed by atoms with E-state index in [1.165, 1.54) is 5.56 Å². The molecule has 0 aliphatic carbocycles. The second-order valence-electron chi connectivity index (χ2n) is 4.22. The molecule has 0 saturated heterocycles. The van der Waals surface area contributed by atoms with Gasteiger partial charge in [0.1, 0.15) is 11.3 Å². The maximum Gasteiger partial charge on any atom is 0.160 e. The first-order chi connectivity index (χ1) is 9.26. The molecule has 3 rings (SSSR count). The first-order valence-corrected chi connectivity index (χ1v) is 6.65. The molecule has 0 aliphatic heterocycles. The highest BCUT2D eigenvalue weighted by atomic mass is 79.9. The zero-order valence-corrected chi connectivity index (χ0v) is 12.0. The van der Waals surface area contributed by atoms with E-state index in [2.05, 4.69) is 25.9 Å². The lowest BCUT2D eigenvalue weighted by Gasteiger charge is -2.05. The van der Waals surface area contributed by atoms with E-state index in [-0.39, 0.29) is 0 Å². The fourth-order valence-electron chi connectivity index (χ4n) is 1.97. The van der Waals surface area contributed by atoms with Crippen LogP contribution in [0.15, 0.2) is 47.3 Å². The molecule has 0 N–H and O–H groups in total. The van der Waals surface area contributed by atoms with Crippen molar-refractivity contribution in [2.75, 3.05) is 7.11 Å². The number of aromatic nitrogens is 3. The second-order valence-corrected chi connectivity index (χ2v) is 5.13. The first-order valence-electron chi connectivity index (χ1n) is 5.85.